The maximum Gasteiger partial charge on any atom is 0.105 e. The van der Waals surface area contributed by atoms with E-state index in [0.717, 1.165) is 6.42 Å². The van der Waals surface area contributed by atoms with E-state index in [2.05, 4.69) is 38.2 Å². The van der Waals surface area contributed by atoms with Crippen LogP contribution in [0.4, 0.5) is 0 Å². The summed E-state index contributed by atoms with van der Waals surface area (Å²) in [6.07, 6.45) is 5.51. The summed E-state index contributed by atoms with van der Waals surface area (Å²) in [5.41, 5.74) is 0.0193. The SMILES string of the molecule is CC/C=C\C(C)(C)NC(C)OC. The van der Waals surface area contributed by atoms with Crippen LogP contribution in [0.25, 0.3) is 0 Å². The second kappa shape index (κ2) is 5.33. The lowest BCUT2D eigenvalue weighted by molar-refractivity contribution is 0.0718. The molecule has 0 fully saturated rings. The van der Waals surface area contributed by atoms with Gasteiger partial charge >= 0.3 is 0 Å². The van der Waals surface area contributed by atoms with Crippen molar-refractivity contribution in [3.63, 3.8) is 0 Å². The largest absolute Gasteiger partial charge is 0.367 e. The van der Waals surface area contributed by atoms with E-state index >= 15 is 0 Å². The summed E-state index contributed by atoms with van der Waals surface area (Å²) in [7, 11) is 1.71. The zero-order chi connectivity index (χ0) is 9.61. The second-order valence-corrected chi connectivity index (χ2v) is 3.55. The fraction of sp³-hybridized carbons (Fsp3) is 0.800. The summed E-state index contributed by atoms with van der Waals surface area (Å²) in [4.78, 5) is 0. The van der Waals surface area contributed by atoms with Crippen molar-refractivity contribution < 1.29 is 4.74 Å². The highest BCUT2D eigenvalue weighted by Gasteiger charge is 2.15. The Hall–Kier alpha value is -0.340. The van der Waals surface area contributed by atoms with Gasteiger partial charge in [0.15, 0.2) is 0 Å². The Balaban J connectivity index is 3.94. The molecule has 0 bridgehead atoms. The van der Waals surface area contributed by atoms with E-state index in [1.165, 1.54) is 0 Å². The van der Waals surface area contributed by atoms with Crippen LogP contribution < -0.4 is 5.32 Å². The highest BCUT2D eigenvalue weighted by atomic mass is 16.5. The first kappa shape index (κ1) is 11.7. The number of hydrogen-bond donors (Lipinski definition) is 1. The maximum atomic E-state index is 5.12. The Labute approximate surface area is 76.0 Å². The summed E-state index contributed by atoms with van der Waals surface area (Å²) >= 11 is 0. The number of nitrogens with one attached hydrogen (secondary N) is 1. The fourth-order valence-electron chi connectivity index (χ4n) is 1.04. The van der Waals surface area contributed by atoms with Gasteiger partial charge in [-0.3, -0.25) is 5.32 Å². The first-order chi connectivity index (χ1) is 5.52. The minimum Gasteiger partial charge on any atom is -0.367 e. The van der Waals surface area contributed by atoms with E-state index in [1.807, 2.05) is 6.92 Å². The minimum absolute atomic E-state index is 0.0193. The first-order valence-corrected chi connectivity index (χ1v) is 4.50. The third-order valence-corrected chi connectivity index (χ3v) is 1.70. The minimum atomic E-state index is 0.0193. The number of allylic oxidation sites excluding steroid dienone is 1. The van der Waals surface area contributed by atoms with Crippen LogP contribution in [0, 0.1) is 0 Å². The molecule has 0 aliphatic heterocycles. The Kier molecular flexibility index (Phi) is 5.18. The topological polar surface area (TPSA) is 21.3 Å². The normalized spacial score (nSPS) is 15.4. The van der Waals surface area contributed by atoms with Gasteiger partial charge in [0, 0.05) is 12.6 Å². The van der Waals surface area contributed by atoms with Crippen molar-refractivity contribution in [1.82, 2.24) is 5.32 Å². The van der Waals surface area contributed by atoms with Crippen LogP contribution in [0.2, 0.25) is 0 Å². The van der Waals surface area contributed by atoms with Gasteiger partial charge < -0.3 is 4.74 Å². The van der Waals surface area contributed by atoms with Crippen LogP contribution in [-0.4, -0.2) is 18.9 Å². The molecule has 0 radical (unpaired) electrons. The molecule has 1 N–H and O–H groups in total. The third kappa shape index (κ3) is 5.33. The van der Waals surface area contributed by atoms with Crippen LogP contribution in [0.5, 0.6) is 0 Å². The Morgan fingerprint density at radius 2 is 2.08 bits per heavy atom. The number of ether oxygens (including phenoxy) is 1. The second-order valence-electron chi connectivity index (χ2n) is 3.55. The van der Waals surface area contributed by atoms with Crippen molar-refractivity contribution in [3.05, 3.63) is 12.2 Å². The smallest absolute Gasteiger partial charge is 0.105 e. The van der Waals surface area contributed by atoms with Crippen molar-refractivity contribution in [2.24, 2.45) is 0 Å². The lowest BCUT2D eigenvalue weighted by atomic mass is 10.0. The molecule has 0 aliphatic carbocycles. The van der Waals surface area contributed by atoms with Gasteiger partial charge in [0.25, 0.3) is 0 Å². The molecule has 0 saturated carbocycles. The van der Waals surface area contributed by atoms with Crippen LogP contribution >= 0.6 is 0 Å². The predicted molar refractivity (Wildman–Crippen MR) is 53.1 cm³/mol. The monoisotopic (exact) mass is 171 g/mol. The summed E-state index contributed by atoms with van der Waals surface area (Å²) in [6, 6.07) is 0. The Bertz CT molecular complexity index is 141. The average molecular weight is 171 g/mol. The molecule has 0 rings (SSSR count). The van der Waals surface area contributed by atoms with Gasteiger partial charge in [0.1, 0.15) is 6.23 Å². The molecular weight excluding hydrogens is 150 g/mol. The van der Waals surface area contributed by atoms with Gasteiger partial charge in [0.2, 0.25) is 0 Å². The van der Waals surface area contributed by atoms with Gasteiger partial charge in [-0.15, -0.1) is 0 Å². The quantitative estimate of drug-likeness (QED) is 0.506. The number of rotatable bonds is 5. The zero-order valence-electron chi connectivity index (χ0n) is 8.85. The van der Waals surface area contributed by atoms with Crippen molar-refractivity contribution in [2.75, 3.05) is 7.11 Å². The third-order valence-electron chi connectivity index (χ3n) is 1.70. The van der Waals surface area contributed by atoms with Gasteiger partial charge in [-0.1, -0.05) is 19.1 Å². The number of methoxy groups -OCH3 is 1. The average Bonchev–Trinajstić information content (AvgIpc) is 2.00. The van der Waals surface area contributed by atoms with Crippen molar-refractivity contribution in [3.8, 4) is 0 Å². The predicted octanol–water partition coefficient (Wildman–Crippen LogP) is 2.31. The molecule has 0 spiro atoms. The van der Waals surface area contributed by atoms with Gasteiger partial charge in [-0.25, -0.2) is 0 Å². The molecule has 0 aromatic carbocycles. The molecule has 12 heavy (non-hydrogen) atoms. The van der Waals surface area contributed by atoms with Crippen LogP contribution in [-0.2, 0) is 4.74 Å². The molecule has 2 nitrogen and oxygen atoms in total. The van der Waals surface area contributed by atoms with E-state index in [-0.39, 0.29) is 11.8 Å². The summed E-state index contributed by atoms with van der Waals surface area (Å²) in [6.45, 7) is 8.40. The molecule has 72 valence electrons. The summed E-state index contributed by atoms with van der Waals surface area (Å²) < 4.78 is 5.12. The Morgan fingerprint density at radius 1 is 1.50 bits per heavy atom. The summed E-state index contributed by atoms with van der Waals surface area (Å²) in [5, 5.41) is 3.33. The molecule has 0 amide bonds. The lowest BCUT2D eigenvalue weighted by Crippen LogP contribution is -2.43. The molecule has 0 heterocycles. The molecule has 0 aromatic heterocycles. The standard InChI is InChI=1S/C10H21NO/c1-6-7-8-10(3,4)11-9(2)12-5/h7-9,11H,6H2,1-5H3/b8-7-. The highest BCUT2D eigenvalue weighted by molar-refractivity contribution is 5.00. The molecule has 0 aliphatic rings. The molecular formula is C10H21NO. The summed E-state index contributed by atoms with van der Waals surface area (Å²) in [5.74, 6) is 0. The van der Waals surface area contributed by atoms with Crippen molar-refractivity contribution in [2.45, 2.75) is 45.9 Å². The fourth-order valence-corrected chi connectivity index (χ4v) is 1.04. The van der Waals surface area contributed by atoms with Crippen molar-refractivity contribution >= 4 is 0 Å². The van der Waals surface area contributed by atoms with E-state index in [1.54, 1.807) is 7.11 Å². The molecule has 0 aromatic rings. The van der Waals surface area contributed by atoms with E-state index in [0.29, 0.717) is 0 Å². The number of hydrogen-bond acceptors (Lipinski definition) is 2. The van der Waals surface area contributed by atoms with Gasteiger partial charge in [-0.05, 0) is 27.2 Å². The Morgan fingerprint density at radius 3 is 2.50 bits per heavy atom. The van der Waals surface area contributed by atoms with Crippen molar-refractivity contribution in [1.29, 1.82) is 0 Å². The van der Waals surface area contributed by atoms with Gasteiger partial charge in [0.05, 0.1) is 0 Å². The van der Waals surface area contributed by atoms with E-state index in [9.17, 15) is 0 Å². The van der Waals surface area contributed by atoms with Crippen LogP contribution in [0.3, 0.4) is 0 Å². The lowest BCUT2D eigenvalue weighted by Gasteiger charge is -2.26. The maximum absolute atomic E-state index is 5.12. The van der Waals surface area contributed by atoms with E-state index in [4.69, 9.17) is 4.74 Å². The van der Waals surface area contributed by atoms with Crippen LogP contribution in [0.15, 0.2) is 12.2 Å². The molecule has 0 saturated heterocycles. The van der Waals surface area contributed by atoms with Crippen LogP contribution in [0.1, 0.15) is 34.1 Å². The van der Waals surface area contributed by atoms with E-state index < -0.39 is 0 Å². The highest BCUT2D eigenvalue weighted by Crippen LogP contribution is 2.06. The zero-order valence-corrected chi connectivity index (χ0v) is 8.85. The molecule has 1 atom stereocenters. The molecule has 2 heteroatoms. The molecule has 1 unspecified atom stereocenters. The first-order valence-electron chi connectivity index (χ1n) is 4.50. The van der Waals surface area contributed by atoms with Gasteiger partial charge in [-0.2, -0.15) is 0 Å².